The minimum Gasteiger partial charge on any atom is -0.396 e. The molecule has 0 heterocycles. The van der Waals surface area contributed by atoms with E-state index in [9.17, 15) is 13.5 Å². The molecule has 6 heteroatoms. The molecular weight excluding hydrogens is 390 g/mol. The van der Waals surface area contributed by atoms with Gasteiger partial charge in [0.15, 0.2) is 0 Å². The van der Waals surface area contributed by atoms with Gasteiger partial charge >= 0.3 is 0 Å². The molecule has 2 N–H and O–H groups in total. The number of thioether (sulfide) groups is 1. The first-order valence-corrected chi connectivity index (χ1v) is 14.7. The number of hydrogen-bond donors (Lipinski definition) is 2. The predicted molar refractivity (Wildman–Crippen MR) is 126 cm³/mol. The number of aliphatic hydroxyl groups is 1. The highest BCUT2D eigenvalue weighted by atomic mass is 32.2. The first-order chi connectivity index (χ1) is 13.5. The molecule has 0 aromatic carbocycles. The van der Waals surface area contributed by atoms with E-state index in [0.717, 1.165) is 11.5 Å². The van der Waals surface area contributed by atoms with E-state index in [2.05, 4.69) is 11.6 Å². The second-order valence-corrected chi connectivity index (χ2v) is 11.2. The van der Waals surface area contributed by atoms with Crippen molar-refractivity contribution in [3.05, 3.63) is 0 Å². The molecule has 170 valence electrons. The normalized spacial score (nSPS) is 13.1. The van der Waals surface area contributed by atoms with Gasteiger partial charge in [-0.1, -0.05) is 90.4 Å². The van der Waals surface area contributed by atoms with E-state index in [1.165, 1.54) is 96.1 Å². The van der Waals surface area contributed by atoms with Crippen molar-refractivity contribution in [2.75, 3.05) is 30.9 Å². The molecule has 0 bridgehead atoms. The maximum atomic E-state index is 11.0. The van der Waals surface area contributed by atoms with Crippen molar-refractivity contribution in [3.63, 3.8) is 0 Å². The summed E-state index contributed by atoms with van der Waals surface area (Å²) in [7, 11) is -3.12. The summed E-state index contributed by atoms with van der Waals surface area (Å²) in [5, 5.41) is 9.39. The summed E-state index contributed by atoms with van der Waals surface area (Å²) in [5.74, 6) is 2.25. The Labute approximate surface area is 180 Å². The Bertz CT molecular complexity index is 416. The molecule has 28 heavy (non-hydrogen) atoms. The Morgan fingerprint density at radius 1 is 0.821 bits per heavy atom. The number of sulfonamides is 1. The highest BCUT2D eigenvalue weighted by molar-refractivity contribution is 7.99. The maximum Gasteiger partial charge on any atom is 0.208 e. The number of rotatable bonds is 22. The largest absolute Gasteiger partial charge is 0.396 e. The Morgan fingerprint density at radius 3 is 1.71 bits per heavy atom. The lowest BCUT2D eigenvalue weighted by molar-refractivity contribution is 0.234. The van der Waals surface area contributed by atoms with Crippen LogP contribution in [0.5, 0.6) is 0 Å². The molecule has 0 amide bonds. The third kappa shape index (κ3) is 22.5. The number of hydrogen-bond acceptors (Lipinski definition) is 4. The Balaban J connectivity index is 3.27. The van der Waals surface area contributed by atoms with Crippen molar-refractivity contribution >= 4 is 21.8 Å². The standard InChI is InChI=1S/C22H47NO3S2/c1-3-4-5-6-7-8-9-10-11-12-13-14-15-16-19-27-21-22(20-24)17-18-23-28(2,25)26/h22-24H,3-21H2,1-2H3. The van der Waals surface area contributed by atoms with Crippen LogP contribution in [-0.2, 0) is 10.0 Å². The summed E-state index contributed by atoms with van der Waals surface area (Å²) in [6.45, 7) is 2.83. The fraction of sp³-hybridized carbons (Fsp3) is 1.00. The van der Waals surface area contributed by atoms with E-state index in [1.54, 1.807) is 0 Å². The third-order valence-electron chi connectivity index (χ3n) is 5.17. The van der Waals surface area contributed by atoms with Crippen LogP contribution in [0.15, 0.2) is 0 Å². The van der Waals surface area contributed by atoms with Crippen LogP contribution in [0.1, 0.15) is 103 Å². The topological polar surface area (TPSA) is 66.4 Å². The van der Waals surface area contributed by atoms with Gasteiger partial charge in [-0.15, -0.1) is 0 Å². The van der Waals surface area contributed by atoms with Crippen molar-refractivity contribution in [2.45, 2.75) is 103 Å². The fourth-order valence-corrected chi connectivity index (χ4v) is 4.99. The smallest absolute Gasteiger partial charge is 0.208 e. The second-order valence-electron chi connectivity index (χ2n) is 8.17. The number of nitrogens with one attached hydrogen (secondary N) is 1. The summed E-state index contributed by atoms with van der Waals surface area (Å²) in [4.78, 5) is 0. The zero-order valence-electron chi connectivity index (χ0n) is 18.6. The Kier molecular flexibility index (Phi) is 20.7. The maximum absolute atomic E-state index is 11.0. The molecule has 1 atom stereocenters. The van der Waals surface area contributed by atoms with E-state index < -0.39 is 10.0 Å². The average Bonchev–Trinajstić information content (AvgIpc) is 2.65. The summed E-state index contributed by atoms with van der Waals surface area (Å²) in [5.41, 5.74) is 0. The minimum atomic E-state index is -3.12. The lowest BCUT2D eigenvalue weighted by Crippen LogP contribution is -2.26. The van der Waals surface area contributed by atoms with E-state index in [-0.39, 0.29) is 12.5 Å². The van der Waals surface area contributed by atoms with Crippen LogP contribution in [0.4, 0.5) is 0 Å². The van der Waals surface area contributed by atoms with Crippen LogP contribution in [0.2, 0.25) is 0 Å². The molecule has 0 aliphatic carbocycles. The van der Waals surface area contributed by atoms with Gasteiger partial charge in [-0.3, -0.25) is 0 Å². The van der Waals surface area contributed by atoms with Crippen molar-refractivity contribution in [2.24, 2.45) is 5.92 Å². The van der Waals surface area contributed by atoms with Crippen LogP contribution in [-0.4, -0.2) is 44.4 Å². The second kappa shape index (κ2) is 20.5. The lowest BCUT2D eigenvalue weighted by atomic mass is 10.0. The molecule has 0 spiro atoms. The first-order valence-electron chi connectivity index (χ1n) is 11.6. The summed E-state index contributed by atoms with van der Waals surface area (Å²) >= 11 is 1.89. The molecule has 0 aromatic rings. The van der Waals surface area contributed by atoms with Gasteiger partial charge in [-0.25, -0.2) is 13.1 Å². The molecule has 1 unspecified atom stereocenters. The Hall–Kier alpha value is 0.220. The van der Waals surface area contributed by atoms with Crippen LogP contribution < -0.4 is 4.72 Å². The highest BCUT2D eigenvalue weighted by Gasteiger charge is 2.09. The zero-order valence-corrected chi connectivity index (χ0v) is 20.2. The molecule has 0 aliphatic heterocycles. The molecule has 0 rings (SSSR count). The van der Waals surface area contributed by atoms with Gasteiger partial charge in [0.05, 0.1) is 6.26 Å². The van der Waals surface area contributed by atoms with Gasteiger partial charge in [0.2, 0.25) is 10.0 Å². The fourth-order valence-electron chi connectivity index (χ4n) is 3.32. The molecule has 0 fully saturated rings. The summed E-state index contributed by atoms with van der Waals surface area (Å²) < 4.78 is 24.6. The molecule has 0 aliphatic rings. The lowest BCUT2D eigenvalue weighted by Gasteiger charge is -2.13. The molecule has 0 saturated carbocycles. The zero-order chi connectivity index (χ0) is 20.9. The van der Waals surface area contributed by atoms with Gasteiger partial charge in [0, 0.05) is 13.2 Å². The number of aliphatic hydroxyl groups excluding tert-OH is 1. The predicted octanol–water partition coefficient (Wildman–Crippen LogP) is 5.75. The van der Waals surface area contributed by atoms with E-state index >= 15 is 0 Å². The van der Waals surface area contributed by atoms with Gasteiger partial charge in [0.25, 0.3) is 0 Å². The van der Waals surface area contributed by atoms with Crippen molar-refractivity contribution < 1.29 is 13.5 Å². The van der Waals surface area contributed by atoms with Crippen molar-refractivity contribution in [1.82, 2.24) is 4.72 Å². The Morgan fingerprint density at radius 2 is 1.29 bits per heavy atom. The van der Waals surface area contributed by atoms with Gasteiger partial charge in [0.1, 0.15) is 0 Å². The van der Waals surface area contributed by atoms with Gasteiger partial charge in [-0.05, 0) is 30.3 Å². The highest BCUT2D eigenvalue weighted by Crippen LogP contribution is 2.16. The van der Waals surface area contributed by atoms with Gasteiger partial charge in [-0.2, -0.15) is 11.8 Å². The van der Waals surface area contributed by atoms with Gasteiger partial charge < -0.3 is 5.11 Å². The van der Waals surface area contributed by atoms with Crippen LogP contribution in [0, 0.1) is 5.92 Å². The molecule has 0 radical (unpaired) electrons. The monoisotopic (exact) mass is 437 g/mol. The van der Waals surface area contributed by atoms with Crippen LogP contribution >= 0.6 is 11.8 Å². The van der Waals surface area contributed by atoms with E-state index in [1.807, 2.05) is 11.8 Å². The average molecular weight is 438 g/mol. The third-order valence-corrected chi connectivity index (χ3v) is 7.18. The van der Waals surface area contributed by atoms with E-state index in [4.69, 9.17) is 0 Å². The SMILES string of the molecule is CCCCCCCCCCCCCCCCSCC(CO)CCNS(C)(=O)=O. The molecule has 0 aromatic heterocycles. The van der Waals surface area contributed by atoms with E-state index in [0.29, 0.717) is 13.0 Å². The van der Waals surface area contributed by atoms with Crippen LogP contribution in [0.25, 0.3) is 0 Å². The summed E-state index contributed by atoms with van der Waals surface area (Å²) in [6, 6.07) is 0. The van der Waals surface area contributed by atoms with Crippen molar-refractivity contribution in [3.8, 4) is 0 Å². The minimum absolute atomic E-state index is 0.136. The van der Waals surface area contributed by atoms with Crippen molar-refractivity contribution in [1.29, 1.82) is 0 Å². The summed E-state index contributed by atoms with van der Waals surface area (Å²) in [6.07, 6.45) is 21.3. The molecule has 0 saturated heterocycles. The molecule has 4 nitrogen and oxygen atoms in total. The first kappa shape index (κ1) is 28.2. The molecular formula is C22H47NO3S2. The number of unbranched alkanes of at least 4 members (excludes halogenated alkanes) is 13. The quantitative estimate of drug-likeness (QED) is 0.212. The van der Waals surface area contributed by atoms with Crippen LogP contribution in [0.3, 0.4) is 0 Å².